The number of nitrogens with zero attached hydrogens (tertiary/aromatic N) is 1. The van der Waals surface area contributed by atoms with Crippen LogP contribution in [0.1, 0.15) is 0 Å². The summed E-state index contributed by atoms with van der Waals surface area (Å²) in [6.07, 6.45) is 0. The average molecular weight is 508 g/mol. The Bertz CT molecular complexity index is 2650. The Kier molecular flexibility index (Phi) is 3.70. The molecule has 0 saturated carbocycles. The first-order valence-corrected chi connectivity index (χ1v) is 13.8. The van der Waals surface area contributed by atoms with Crippen LogP contribution in [-0.4, -0.2) is 4.40 Å². The van der Waals surface area contributed by atoms with Crippen molar-refractivity contribution in [2.45, 2.75) is 0 Å². The van der Waals surface area contributed by atoms with Gasteiger partial charge in [-0.25, -0.2) is 0 Å². The van der Waals surface area contributed by atoms with Crippen LogP contribution < -0.4 is 0 Å². The zero-order valence-electron chi connectivity index (χ0n) is 21.5. The molecule has 10 aromatic rings. The highest BCUT2D eigenvalue weighted by Gasteiger charge is 2.19. The summed E-state index contributed by atoms with van der Waals surface area (Å²) in [6, 6.07) is 46.5. The number of hydrogen-bond acceptors (Lipinski definition) is 1. The Labute approximate surface area is 228 Å². The predicted octanol–water partition coefficient (Wildman–Crippen LogP) is 10.7. The monoisotopic (exact) mass is 507 g/mol. The summed E-state index contributed by atoms with van der Waals surface area (Å²) < 4.78 is 8.60. The van der Waals surface area contributed by atoms with Gasteiger partial charge in [0.15, 0.2) is 0 Å². The summed E-state index contributed by atoms with van der Waals surface area (Å²) >= 11 is 0. The molecule has 2 heteroatoms. The van der Waals surface area contributed by atoms with Crippen molar-refractivity contribution in [1.29, 1.82) is 0 Å². The maximum Gasteiger partial charge on any atom is 0.135 e. The maximum absolute atomic E-state index is 6.10. The molecule has 0 aliphatic rings. The fourth-order valence-corrected chi connectivity index (χ4v) is 7.15. The quantitative estimate of drug-likeness (QED) is 0.202. The molecule has 0 spiro atoms. The number of para-hydroxylation sites is 2. The third-order valence-electron chi connectivity index (χ3n) is 8.90. The van der Waals surface area contributed by atoms with E-state index in [0.29, 0.717) is 0 Å². The summed E-state index contributed by atoms with van der Waals surface area (Å²) in [7, 11) is 0. The lowest BCUT2D eigenvalue weighted by Gasteiger charge is -2.07. The maximum atomic E-state index is 6.10. The van der Waals surface area contributed by atoms with Gasteiger partial charge in [0.1, 0.15) is 11.2 Å². The van der Waals surface area contributed by atoms with Crippen LogP contribution in [-0.2, 0) is 0 Å². The molecular formula is C38H21NO. The van der Waals surface area contributed by atoms with Gasteiger partial charge in [-0.05, 0) is 69.1 Å². The molecule has 3 heterocycles. The van der Waals surface area contributed by atoms with Crippen molar-refractivity contribution >= 4 is 81.6 Å². The van der Waals surface area contributed by atoms with Crippen LogP contribution in [0.4, 0.5) is 0 Å². The van der Waals surface area contributed by atoms with E-state index in [1.54, 1.807) is 0 Å². The van der Waals surface area contributed by atoms with Crippen LogP contribution in [0.25, 0.3) is 92.7 Å². The third kappa shape index (κ3) is 2.49. The SMILES string of the molecule is c1ccc2c(c1)oc1ccc(-c3ccc4c(c3)c3ccc5ccc6cccc7c8ccccc8n4c3c5c67)cc12. The standard InChI is InChI=1S/C38H21NO/c1-3-10-32-26(7-1)28-9-5-6-22-12-13-23-14-17-29-30-20-24(15-18-33(30)39(32)38(29)37(23)36(22)28)25-16-19-35-31(21-25)27-8-2-4-11-34(27)40-35/h1-21H. The number of fused-ring (bicyclic) bond motifs is 9. The Morgan fingerprint density at radius 3 is 2.00 bits per heavy atom. The van der Waals surface area contributed by atoms with E-state index in [4.69, 9.17) is 4.42 Å². The van der Waals surface area contributed by atoms with Crippen LogP contribution in [0.2, 0.25) is 0 Å². The Morgan fingerprint density at radius 2 is 1.07 bits per heavy atom. The van der Waals surface area contributed by atoms with Crippen molar-refractivity contribution in [1.82, 2.24) is 4.40 Å². The van der Waals surface area contributed by atoms with Gasteiger partial charge in [0.2, 0.25) is 0 Å². The summed E-state index contributed by atoms with van der Waals surface area (Å²) in [5.41, 5.74) is 8.03. The van der Waals surface area contributed by atoms with E-state index in [0.717, 1.165) is 21.9 Å². The minimum Gasteiger partial charge on any atom is -0.456 e. The lowest BCUT2D eigenvalue weighted by Crippen LogP contribution is -1.85. The van der Waals surface area contributed by atoms with E-state index in [1.807, 2.05) is 12.1 Å². The second kappa shape index (κ2) is 7.19. The molecule has 0 unspecified atom stereocenters. The van der Waals surface area contributed by atoms with Gasteiger partial charge in [0.05, 0.1) is 16.6 Å². The highest BCUT2D eigenvalue weighted by Crippen LogP contribution is 2.43. The highest BCUT2D eigenvalue weighted by molar-refractivity contribution is 6.32. The molecule has 0 radical (unpaired) electrons. The zero-order chi connectivity index (χ0) is 25.9. The third-order valence-corrected chi connectivity index (χ3v) is 8.90. The molecule has 184 valence electrons. The topological polar surface area (TPSA) is 17.6 Å². The van der Waals surface area contributed by atoms with Gasteiger partial charge >= 0.3 is 0 Å². The first kappa shape index (κ1) is 20.6. The molecule has 0 fully saturated rings. The van der Waals surface area contributed by atoms with Crippen LogP contribution in [0.5, 0.6) is 0 Å². The fraction of sp³-hybridized carbons (Fsp3) is 0. The van der Waals surface area contributed by atoms with Crippen molar-refractivity contribution in [3.8, 4) is 11.1 Å². The van der Waals surface area contributed by atoms with Gasteiger partial charge in [0.25, 0.3) is 0 Å². The van der Waals surface area contributed by atoms with Crippen molar-refractivity contribution < 1.29 is 4.42 Å². The Morgan fingerprint density at radius 1 is 0.400 bits per heavy atom. The van der Waals surface area contributed by atoms with Gasteiger partial charge < -0.3 is 8.82 Å². The molecule has 3 aromatic heterocycles. The van der Waals surface area contributed by atoms with Gasteiger partial charge in [0, 0.05) is 32.3 Å². The number of aromatic nitrogens is 1. The van der Waals surface area contributed by atoms with Crippen molar-refractivity contribution in [3.05, 3.63) is 127 Å². The normalized spacial score (nSPS) is 12.5. The molecule has 0 bridgehead atoms. The molecule has 0 aliphatic carbocycles. The van der Waals surface area contributed by atoms with Gasteiger partial charge in [-0.2, -0.15) is 0 Å². The number of furan rings is 1. The zero-order valence-corrected chi connectivity index (χ0v) is 21.5. The molecule has 0 atom stereocenters. The molecule has 0 aliphatic heterocycles. The van der Waals surface area contributed by atoms with E-state index in [-0.39, 0.29) is 0 Å². The highest BCUT2D eigenvalue weighted by atomic mass is 16.3. The molecule has 0 saturated heterocycles. The summed E-state index contributed by atoms with van der Waals surface area (Å²) in [5, 5.41) is 12.7. The molecule has 2 nitrogen and oxygen atoms in total. The lowest BCUT2D eigenvalue weighted by molar-refractivity contribution is 0.669. The summed E-state index contributed by atoms with van der Waals surface area (Å²) in [4.78, 5) is 0. The second-order valence-electron chi connectivity index (χ2n) is 10.9. The van der Waals surface area contributed by atoms with Gasteiger partial charge in [-0.1, -0.05) is 91.0 Å². The van der Waals surface area contributed by atoms with Crippen molar-refractivity contribution in [2.24, 2.45) is 0 Å². The van der Waals surface area contributed by atoms with Crippen molar-refractivity contribution in [3.63, 3.8) is 0 Å². The van der Waals surface area contributed by atoms with Crippen molar-refractivity contribution in [2.75, 3.05) is 0 Å². The van der Waals surface area contributed by atoms with E-state index >= 15 is 0 Å². The van der Waals surface area contributed by atoms with Crippen LogP contribution in [0.15, 0.2) is 132 Å². The van der Waals surface area contributed by atoms with E-state index < -0.39 is 0 Å². The van der Waals surface area contributed by atoms with E-state index in [1.165, 1.54) is 70.8 Å². The number of hydrogen-bond donors (Lipinski definition) is 0. The second-order valence-corrected chi connectivity index (χ2v) is 10.9. The molecule has 0 N–H and O–H groups in total. The van der Waals surface area contributed by atoms with E-state index in [9.17, 15) is 0 Å². The van der Waals surface area contributed by atoms with Crippen LogP contribution in [0, 0.1) is 0 Å². The van der Waals surface area contributed by atoms with E-state index in [2.05, 4.69) is 120 Å². The van der Waals surface area contributed by atoms with Crippen LogP contribution in [0.3, 0.4) is 0 Å². The molecule has 10 rings (SSSR count). The summed E-state index contributed by atoms with van der Waals surface area (Å²) in [5.74, 6) is 0. The average Bonchev–Trinajstić information content (AvgIpc) is 3.51. The Hall–Kier alpha value is -5.34. The first-order chi connectivity index (χ1) is 19.8. The molecule has 40 heavy (non-hydrogen) atoms. The number of benzene rings is 7. The fourth-order valence-electron chi connectivity index (χ4n) is 7.15. The largest absolute Gasteiger partial charge is 0.456 e. The number of rotatable bonds is 1. The minimum atomic E-state index is 0.926. The van der Waals surface area contributed by atoms with Gasteiger partial charge in [-0.3, -0.25) is 0 Å². The smallest absolute Gasteiger partial charge is 0.135 e. The molecule has 7 aromatic carbocycles. The lowest BCUT2D eigenvalue weighted by atomic mass is 9.95. The van der Waals surface area contributed by atoms with Gasteiger partial charge in [-0.15, -0.1) is 0 Å². The molecule has 0 amide bonds. The minimum absolute atomic E-state index is 0.926. The van der Waals surface area contributed by atoms with Crippen LogP contribution >= 0.6 is 0 Å². The predicted molar refractivity (Wildman–Crippen MR) is 169 cm³/mol. The summed E-state index contributed by atoms with van der Waals surface area (Å²) in [6.45, 7) is 0. The first-order valence-electron chi connectivity index (χ1n) is 13.8. The Balaban J connectivity index is 1.37. The molecular weight excluding hydrogens is 486 g/mol.